The lowest BCUT2D eigenvalue weighted by molar-refractivity contribution is 0.0601. The number of rotatable bonds is 4. The van der Waals surface area contributed by atoms with E-state index < -0.39 is 0 Å². The molecule has 128 valence electrons. The first-order chi connectivity index (χ1) is 12.6. The number of hydrogen-bond acceptors (Lipinski definition) is 6. The van der Waals surface area contributed by atoms with Gasteiger partial charge in [-0.3, -0.25) is 0 Å². The first kappa shape index (κ1) is 17.1. The zero-order valence-electron chi connectivity index (χ0n) is 14.4. The van der Waals surface area contributed by atoms with Gasteiger partial charge < -0.3 is 9.64 Å². The van der Waals surface area contributed by atoms with Crippen LogP contribution in [0.1, 0.15) is 15.9 Å². The lowest BCUT2D eigenvalue weighted by Crippen LogP contribution is -2.13. The molecule has 0 N–H and O–H groups in total. The second-order valence-electron chi connectivity index (χ2n) is 5.57. The van der Waals surface area contributed by atoms with Crippen molar-refractivity contribution in [3.8, 4) is 17.3 Å². The maximum absolute atomic E-state index is 11.7. The third-order valence-corrected chi connectivity index (χ3v) is 3.96. The predicted octanol–water partition coefficient (Wildman–Crippen LogP) is 3.57. The number of nitrogens with zero attached hydrogens (tertiary/aromatic N) is 4. The van der Waals surface area contributed by atoms with Crippen molar-refractivity contribution in [1.29, 1.82) is 5.26 Å². The van der Waals surface area contributed by atoms with Gasteiger partial charge in [-0.1, -0.05) is 18.2 Å². The number of hydrogen-bond donors (Lipinski definition) is 0. The van der Waals surface area contributed by atoms with E-state index in [-0.39, 0.29) is 5.97 Å². The van der Waals surface area contributed by atoms with Crippen molar-refractivity contribution in [1.82, 2.24) is 10.2 Å². The van der Waals surface area contributed by atoms with Crippen molar-refractivity contribution in [2.75, 3.05) is 19.1 Å². The molecule has 0 amide bonds. The lowest BCUT2D eigenvalue weighted by Gasteiger charge is -2.18. The maximum atomic E-state index is 11.7. The molecule has 6 heteroatoms. The minimum absolute atomic E-state index is 0.387. The van der Waals surface area contributed by atoms with E-state index in [2.05, 4.69) is 16.3 Å². The highest BCUT2D eigenvalue weighted by Gasteiger charge is 2.11. The van der Waals surface area contributed by atoms with E-state index in [1.54, 1.807) is 30.3 Å². The molecule has 0 saturated carbocycles. The highest BCUT2D eigenvalue weighted by Crippen LogP contribution is 2.24. The fourth-order valence-corrected chi connectivity index (χ4v) is 2.47. The zero-order valence-corrected chi connectivity index (χ0v) is 14.4. The molecule has 3 rings (SSSR count). The fourth-order valence-electron chi connectivity index (χ4n) is 2.47. The van der Waals surface area contributed by atoms with Gasteiger partial charge in [0.1, 0.15) is 0 Å². The SMILES string of the molecule is COC(=O)c1cccc(N(C)c2ccc(-c3ccc(C#N)cc3)nn2)c1. The summed E-state index contributed by atoms with van der Waals surface area (Å²) in [5.41, 5.74) is 3.48. The Morgan fingerprint density at radius 1 is 1.08 bits per heavy atom. The molecule has 0 saturated heterocycles. The normalized spacial score (nSPS) is 10.0. The molecule has 2 aromatic carbocycles. The Balaban J connectivity index is 1.83. The zero-order chi connectivity index (χ0) is 18.5. The molecule has 6 nitrogen and oxygen atoms in total. The smallest absolute Gasteiger partial charge is 0.337 e. The second kappa shape index (κ2) is 7.45. The summed E-state index contributed by atoms with van der Waals surface area (Å²) in [6.07, 6.45) is 0. The highest BCUT2D eigenvalue weighted by molar-refractivity contribution is 5.90. The van der Waals surface area contributed by atoms with E-state index >= 15 is 0 Å². The quantitative estimate of drug-likeness (QED) is 0.673. The van der Waals surface area contributed by atoms with Crippen molar-refractivity contribution in [2.45, 2.75) is 0 Å². The van der Waals surface area contributed by atoms with E-state index in [4.69, 9.17) is 10.00 Å². The number of methoxy groups -OCH3 is 1. The van der Waals surface area contributed by atoms with Crippen LogP contribution in [0.4, 0.5) is 11.5 Å². The number of esters is 1. The van der Waals surface area contributed by atoms with Crippen LogP contribution in [-0.2, 0) is 4.74 Å². The van der Waals surface area contributed by atoms with Gasteiger partial charge in [0, 0.05) is 18.3 Å². The summed E-state index contributed by atoms with van der Waals surface area (Å²) >= 11 is 0. The van der Waals surface area contributed by atoms with E-state index in [1.165, 1.54) is 7.11 Å². The van der Waals surface area contributed by atoms with Gasteiger partial charge in [0.2, 0.25) is 0 Å². The van der Waals surface area contributed by atoms with Gasteiger partial charge >= 0.3 is 5.97 Å². The molecule has 1 aromatic heterocycles. The summed E-state index contributed by atoms with van der Waals surface area (Å²) in [5.74, 6) is 0.256. The molecule has 0 fully saturated rings. The number of ether oxygens (including phenoxy) is 1. The molecule has 0 aliphatic rings. The summed E-state index contributed by atoms with van der Waals surface area (Å²) in [7, 11) is 3.20. The second-order valence-corrected chi connectivity index (χ2v) is 5.57. The topological polar surface area (TPSA) is 79.1 Å². The van der Waals surface area contributed by atoms with Crippen LogP contribution in [-0.4, -0.2) is 30.3 Å². The number of anilines is 2. The Bertz CT molecular complexity index is 960. The summed E-state index contributed by atoms with van der Waals surface area (Å²) in [6, 6.07) is 20.1. The molecule has 0 spiro atoms. The van der Waals surface area contributed by atoms with Crippen molar-refractivity contribution in [2.24, 2.45) is 0 Å². The molecule has 26 heavy (non-hydrogen) atoms. The van der Waals surface area contributed by atoms with Gasteiger partial charge in [0.25, 0.3) is 0 Å². The number of carbonyl (C=O) groups is 1. The summed E-state index contributed by atoms with van der Waals surface area (Å²) in [4.78, 5) is 13.5. The Hall–Kier alpha value is -3.72. The van der Waals surface area contributed by atoms with Crippen LogP contribution >= 0.6 is 0 Å². The van der Waals surface area contributed by atoms with Gasteiger partial charge in [-0.2, -0.15) is 5.26 Å². The van der Waals surface area contributed by atoms with Crippen molar-refractivity contribution in [3.63, 3.8) is 0 Å². The average molecular weight is 344 g/mol. The number of nitriles is 1. The Kier molecular flexibility index (Phi) is 4.90. The standard InChI is InChI=1S/C20H16N4O2/c1-24(17-5-3-4-16(12-17)20(25)26-2)19-11-10-18(22-23-19)15-8-6-14(13-21)7-9-15/h3-12H,1-2H3. The lowest BCUT2D eigenvalue weighted by atomic mass is 10.1. The summed E-state index contributed by atoms with van der Waals surface area (Å²) in [6.45, 7) is 0. The molecular formula is C20H16N4O2. The van der Waals surface area contributed by atoms with Gasteiger partial charge in [0.05, 0.1) is 30.0 Å². The molecule has 0 unspecified atom stereocenters. The average Bonchev–Trinajstić information content (AvgIpc) is 2.73. The van der Waals surface area contributed by atoms with Crippen molar-refractivity contribution < 1.29 is 9.53 Å². The van der Waals surface area contributed by atoms with Crippen LogP contribution in [0.3, 0.4) is 0 Å². The van der Waals surface area contributed by atoms with Crippen LogP contribution in [0.25, 0.3) is 11.3 Å². The van der Waals surface area contributed by atoms with Crippen molar-refractivity contribution in [3.05, 3.63) is 71.8 Å². The molecular weight excluding hydrogens is 328 g/mol. The van der Waals surface area contributed by atoms with Crippen LogP contribution < -0.4 is 4.90 Å². The Morgan fingerprint density at radius 2 is 1.85 bits per heavy atom. The van der Waals surface area contributed by atoms with Gasteiger partial charge in [-0.15, -0.1) is 10.2 Å². The maximum Gasteiger partial charge on any atom is 0.337 e. The highest BCUT2D eigenvalue weighted by atomic mass is 16.5. The van der Waals surface area contributed by atoms with Crippen LogP contribution in [0.2, 0.25) is 0 Å². The molecule has 3 aromatic rings. The number of aromatic nitrogens is 2. The number of benzene rings is 2. The molecule has 0 aliphatic carbocycles. The third-order valence-electron chi connectivity index (χ3n) is 3.96. The van der Waals surface area contributed by atoms with E-state index in [1.807, 2.05) is 42.3 Å². The predicted molar refractivity (Wildman–Crippen MR) is 98.0 cm³/mol. The van der Waals surface area contributed by atoms with Crippen LogP contribution in [0.5, 0.6) is 0 Å². The van der Waals surface area contributed by atoms with Gasteiger partial charge in [0.15, 0.2) is 5.82 Å². The van der Waals surface area contributed by atoms with Gasteiger partial charge in [-0.25, -0.2) is 4.79 Å². The first-order valence-corrected chi connectivity index (χ1v) is 7.89. The Morgan fingerprint density at radius 3 is 2.46 bits per heavy atom. The van der Waals surface area contributed by atoms with Gasteiger partial charge in [-0.05, 0) is 42.5 Å². The largest absolute Gasteiger partial charge is 0.465 e. The molecule has 0 atom stereocenters. The Labute approximate surface area is 151 Å². The molecule has 0 bridgehead atoms. The molecule has 0 aliphatic heterocycles. The van der Waals surface area contributed by atoms with E-state index in [9.17, 15) is 4.79 Å². The monoisotopic (exact) mass is 344 g/mol. The third kappa shape index (κ3) is 3.52. The fraction of sp³-hybridized carbons (Fsp3) is 0.100. The minimum Gasteiger partial charge on any atom is -0.465 e. The van der Waals surface area contributed by atoms with Crippen LogP contribution in [0.15, 0.2) is 60.7 Å². The van der Waals surface area contributed by atoms with E-state index in [0.717, 1.165) is 16.9 Å². The molecule has 0 radical (unpaired) electrons. The van der Waals surface area contributed by atoms with E-state index in [0.29, 0.717) is 16.9 Å². The summed E-state index contributed by atoms with van der Waals surface area (Å²) in [5, 5.41) is 17.4. The van der Waals surface area contributed by atoms with Crippen LogP contribution in [0, 0.1) is 11.3 Å². The van der Waals surface area contributed by atoms with Crippen molar-refractivity contribution >= 4 is 17.5 Å². The summed E-state index contributed by atoms with van der Waals surface area (Å²) < 4.78 is 4.75. The first-order valence-electron chi connectivity index (χ1n) is 7.89. The minimum atomic E-state index is -0.387. The molecule has 1 heterocycles. The number of carbonyl (C=O) groups excluding carboxylic acids is 1.